The van der Waals surface area contributed by atoms with Crippen molar-refractivity contribution in [1.82, 2.24) is 4.98 Å². The number of ether oxygens (including phenoxy) is 3. The van der Waals surface area contributed by atoms with E-state index < -0.39 is 6.29 Å². The van der Waals surface area contributed by atoms with Gasteiger partial charge in [-0.1, -0.05) is 17.7 Å². The van der Waals surface area contributed by atoms with Gasteiger partial charge in [-0.25, -0.2) is 4.98 Å². The second-order valence-corrected chi connectivity index (χ2v) is 7.77. The first kappa shape index (κ1) is 17.9. The number of aromatic nitrogens is 1. The molecule has 0 saturated carbocycles. The molecule has 0 amide bonds. The van der Waals surface area contributed by atoms with E-state index in [1.807, 2.05) is 62.5 Å². The summed E-state index contributed by atoms with van der Waals surface area (Å²) in [6.07, 6.45) is 4.59. The van der Waals surface area contributed by atoms with Crippen molar-refractivity contribution in [3.05, 3.63) is 71.8 Å². The molecule has 6 heteroatoms. The summed E-state index contributed by atoms with van der Waals surface area (Å²) in [5, 5.41) is 1.50. The molecule has 3 aromatic rings. The molecule has 0 atom stereocenters. The van der Waals surface area contributed by atoms with Crippen LogP contribution in [0.15, 0.2) is 61.2 Å². The van der Waals surface area contributed by atoms with E-state index in [1.165, 1.54) is 12.5 Å². The highest BCUT2D eigenvalue weighted by molar-refractivity contribution is 7.18. The highest BCUT2D eigenvalue weighted by atomic mass is 35.5. The highest BCUT2D eigenvalue weighted by Gasteiger charge is 2.19. The van der Waals surface area contributed by atoms with Gasteiger partial charge in [0.25, 0.3) is 6.29 Å². The molecule has 1 aliphatic heterocycles. The molecular weight excluding hydrogens is 382 g/mol. The third-order valence-corrected chi connectivity index (χ3v) is 5.40. The molecule has 2 heterocycles. The summed E-state index contributed by atoms with van der Waals surface area (Å²) < 4.78 is 16.4. The molecule has 0 unspecified atom stereocenters. The summed E-state index contributed by atoms with van der Waals surface area (Å²) in [6, 6.07) is 13.8. The zero-order chi connectivity index (χ0) is 18.8. The van der Waals surface area contributed by atoms with Gasteiger partial charge < -0.3 is 14.2 Å². The number of hydrogen-bond donors (Lipinski definition) is 0. The summed E-state index contributed by atoms with van der Waals surface area (Å²) in [5.74, 6) is 0.867. The van der Waals surface area contributed by atoms with Gasteiger partial charge in [0.2, 0.25) is 0 Å². The van der Waals surface area contributed by atoms with Crippen LogP contribution in [-0.2, 0) is 9.47 Å². The molecular formula is C21H18ClNO3S. The van der Waals surface area contributed by atoms with Crippen molar-refractivity contribution >= 4 is 22.9 Å². The minimum atomic E-state index is -0.482. The van der Waals surface area contributed by atoms with Crippen molar-refractivity contribution in [2.24, 2.45) is 0 Å². The Kier molecular flexibility index (Phi) is 5.05. The van der Waals surface area contributed by atoms with Crippen molar-refractivity contribution in [3.63, 3.8) is 0 Å². The molecule has 0 N–H and O–H groups in total. The first-order valence-electron chi connectivity index (χ1n) is 8.59. The molecule has 0 fully saturated rings. The molecule has 0 saturated heterocycles. The van der Waals surface area contributed by atoms with E-state index in [0.29, 0.717) is 5.02 Å². The van der Waals surface area contributed by atoms with E-state index in [4.69, 9.17) is 25.8 Å². The number of nitrogens with zero attached hydrogens (tertiary/aromatic N) is 1. The van der Waals surface area contributed by atoms with Gasteiger partial charge in [-0.15, -0.1) is 11.3 Å². The number of thiazole rings is 1. The Morgan fingerprint density at radius 1 is 1.04 bits per heavy atom. The van der Waals surface area contributed by atoms with E-state index in [0.717, 1.165) is 32.3 Å². The Labute approximate surface area is 167 Å². The predicted molar refractivity (Wildman–Crippen MR) is 108 cm³/mol. The average molecular weight is 400 g/mol. The fraction of sp³-hybridized carbons (Fsp3) is 0.190. The lowest BCUT2D eigenvalue weighted by Crippen LogP contribution is -2.04. The number of hydrogen-bond acceptors (Lipinski definition) is 5. The number of halogens is 1. The first-order chi connectivity index (χ1) is 13.1. The van der Waals surface area contributed by atoms with E-state index in [2.05, 4.69) is 4.98 Å². The quantitative estimate of drug-likeness (QED) is 0.495. The third kappa shape index (κ3) is 3.94. The molecule has 1 aliphatic rings. The van der Waals surface area contributed by atoms with Crippen molar-refractivity contribution in [2.75, 3.05) is 0 Å². The summed E-state index contributed by atoms with van der Waals surface area (Å²) in [5.41, 5.74) is 2.87. The molecule has 4 rings (SSSR count). The second kappa shape index (κ2) is 7.62. The van der Waals surface area contributed by atoms with Crippen LogP contribution in [0.25, 0.3) is 21.0 Å². The van der Waals surface area contributed by atoms with E-state index in [-0.39, 0.29) is 6.10 Å². The molecule has 4 nitrogen and oxygen atoms in total. The molecule has 0 spiro atoms. The summed E-state index contributed by atoms with van der Waals surface area (Å²) in [6.45, 7) is 4.03. The Morgan fingerprint density at radius 3 is 2.41 bits per heavy atom. The third-order valence-electron chi connectivity index (χ3n) is 3.98. The Bertz CT molecular complexity index is 958. The minimum Gasteiger partial charge on any atom is -0.491 e. The monoisotopic (exact) mass is 399 g/mol. The maximum absolute atomic E-state index is 6.42. The largest absolute Gasteiger partial charge is 0.491 e. The van der Waals surface area contributed by atoms with Gasteiger partial charge in [-0.3, -0.25) is 0 Å². The molecule has 0 bridgehead atoms. The molecule has 0 radical (unpaired) electrons. The topological polar surface area (TPSA) is 40.6 Å². The molecule has 1 aromatic heterocycles. The van der Waals surface area contributed by atoms with Crippen LogP contribution in [0, 0.1) is 0 Å². The normalized spacial score (nSPS) is 13.6. The van der Waals surface area contributed by atoms with Crippen LogP contribution in [0.5, 0.6) is 5.75 Å². The number of benzene rings is 2. The molecule has 27 heavy (non-hydrogen) atoms. The van der Waals surface area contributed by atoms with Crippen molar-refractivity contribution in [1.29, 1.82) is 0 Å². The van der Waals surface area contributed by atoms with Crippen LogP contribution in [-0.4, -0.2) is 11.1 Å². The molecule has 2 aromatic carbocycles. The van der Waals surface area contributed by atoms with Crippen molar-refractivity contribution in [3.8, 4) is 26.8 Å². The molecule has 0 aliphatic carbocycles. The zero-order valence-electron chi connectivity index (χ0n) is 14.9. The number of rotatable bonds is 5. The molecule has 138 valence electrons. The van der Waals surface area contributed by atoms with Crippen LogP contribution in [0.2, 0.25) is 5.02 Å². The Hall–Kier alpha value is -2.50. The zero-order valence-corrected chi connectivity index (χ0v) is 16.5. The van der Waals surface area contributed by atoms with Gasteiger partial charge in [-0.2, -0.15) is 0 Å². The summed E-state index contributed by atoms with van der Waals surface area (Å²) >= 11 is 8.04. The lowest BCUT2D eigenvalue weighted by atomic mass is 10.1. The average Bonchev–Trinajstić information content (AvgIpc) is 3.34. The van der Waals surface area contributed by atoms with Gasteiger partial charge in [0, 0.05) is 11.8 Å². The SMILES string of the molecule is CC(C)Oc1ccc(-c2cnc(-c3ccc(C4OC=CO4)c(Cl)c3)s2)cc1. The van der Waals surface area contributed by atoms with Crippen LogP contribution in [0.4, 0.5) is 0 Å². The van der Waals surface area contributed by atoms with Crippen LogP contribution < -0.4 is 4.74 Å². The Morgan fingerprint density at radius 2 is 1.74 bits per heavy atom. The van der Waals surface area contributed by atoms with Gasteiger partial charge in [-0.05, 0) is 55.8 Å². The van der Waals surface area contributed by atoms with E-state index in [9.17, 15) is 0 Å². The maximum atomic E-state index is 6.42. The van der Waals surface area contributed by atoms with Crippen molar-refractivity contribution < 1.29 is 14.2 Å². The second-order valence-electron chi connectivity index (χ2n) is 6.33. The predicted octanol–water partition coefficient (Wildman–Crippen LogP) is 6.43. The summed E-state index contributed by atoms with van der Waals surface area (Å²) in [4.78, 5) is 5.65. The van der Waals surface area contributed by atoms with Gasteiger partial charge in [0.1, 0.15) is 23.3 Å². The smallest absolute Gasteiger partial charge is 0.267 e. The maximum Gasteiger partial charge on any atom is 0.267 e. The lowest BCUT2D eigenvalue weighted by molar-refractivity contribution is -0.0244. The Balaban J connectivity index is 1.54. The fourth-order valence-electron chi connectivity index (χ4n) is 2.75. The lowest BCUT2D eigenvalue weighted by Gasteiger charge is -2.12. The van der Waals surface area contributed by atoms with Crippen LogP contribution >= 0.6 is 22.9 Å². The van der Waals surface area contributed by atoms with Crippen LogP contribution in [0.1, 0.15) is 25.7 Å². The standard InChI is InChI=1S/C21H18ClNO3S/c1-13(2)26-16-6-3-14(4-7-16)19-12-23-20(27-19)15-5-8-17(18(22)11-15)21-24-9-10-25-21/h3-13,21H,1-2H3. The minimum absolute atomic E-state index is 0.161. The van der Waals surface area contributed by atoms with Gasteiger partial charge in [0.05, 0.1) is 21.6 Å². The van der Waals surface area contributed by atoms with Gasteiger partial charge in [0.15, 0.2) is 0 Å². The fourth-order valence-corrected chi connectivity index (χ4v) is 3.94. The van der Waals surface area contributed by atoms with Gasteiger partial charge >= 0.3 is 0 Å². The first-order valence-corrected chi connectivity index (χ1v) is 9.78. The van der Waals surface area contributed by atoms with Crippen LogP contribution in [0.3, 0.4) is 0 Å². The van der Waals surface area contributed by atoms with E-state index >= 15 is 0 Å². The van der Waals surface area contributed by atoms with E-state index in [1.54, 1.807) is 11.3 Å². The van der Waals surface area contributed by atoms with Crippen molar-refractivity contribution in [2.45, 2.75) is 26.2 Å². The summed E-state index contributed by atoms with van der Waals surface area (Å²) in [7, 11) is 0. The highest BCUT2D eigenvalue weighted by Crippen LogP contribution is 2.36.